The Morgan fingerprint density at radius 2 is 2.27 bits per heavy atom. The summed E-state index contributed by atoms with van der Waals surface area (Å²) in [7, 11) is 0. The Morgan fingerprint density at radius 1 is 1.47 bits per heavy atom. The number of amidine groups is 1. The molecule has 0 saturated carbocycles. The molecule has 4 heteroatoms. The van der Waals surface area contributed by atoms with Gasteiger partial charge in [-0.25, -0.2) is 0 Å². The predicted molar refractivity (Wildman–Crippen MR) is 63.2 cm³/mol. The van der Waals surface area contributed by atoms with Crippen LogP contribution in [-0.4, -0.2) is 12.4 Å². The molecule has 1 N–H and O–H groups in total. The Kier molecular flexibility index (Phi) is 2.74. The number of halogens is 1. The summed E-state index contributed by atoms with van der Waals surface area (Å²) in [6.45, 7) is 0.892. The van der Waals surface area contributed by atoms with E-state index in [1.165, 1.54) is 0 Å². The van der Waals surface area contributed by atoms with Gasteiger partial charge in [-0.15, -0.1) is 0 Å². The maximum Gasteiger partial charge on any atom is 0.100 e. The first kappa shape index (κ1) is 10.2. The van der Waals surface area contributed by atoms with Crippen molar-refractivity contribution in [2.75, 3.05) is 11.4 Å². The lowest BCUT2D eigenvalue weighted by Crippen LogP contribution is -2.23. The molecule has 2 rings (SSSR count). The maximum absolute atomic E-state index is 8.74. The molecule has 0 radical (unpaired) electrons. The molecule has 1 aromatic carbocycles. The summed E-state index contributed by atoms with van der Waals surface area (Å²) < 4.78 is 0.883. The molecule has 0 unspecified atom stereocenters. The molecule has 0 amide bonds. The molecule has 1 aliphatic heterocycles. The molecule has 15 heavy (non-hydrogen) atoms. The van der Waals surface area contributed by atoms with Crippen LogP contribution in [-0.2, 0) is 0 Å². The largest absolute Gasteiger partial charge is 0.329 e. The highest BCUT2D eigenvalue weighted by atomic mass is 79.9. The standard InChI is InChI=1S/C11H10BrN3/c12-9-6-8(7-13)3-4-10(9)15-5-1-2-11(15)14/h3-4,6,14H,1-2,5H2. The first-order valence-electron chi connectivity index (χ1n) is 4.77. The van der Waals surface area contributed by atoms with Crippen LogP contribution in [0.2, 0.25) is 0 Å². The van der Waals surface area contributed by atoms with Crippen molar-refractivity contribution in [3.63, 3.8) is 0 Å². The van der Waals surface area contributed by atoms with Crippen molar-refractivity contribution in [3.8, 4) is 6.07 Å². The minimum absolute atomic E-state index is 0.636. The van der Waals surface area contributed by atoms with Gasteiger partial charge in [0.25, 0.3) is 0 Å². The summed E-state index contributed by atoms with van der Waals surface area (Å²) in [6.07, 6.45) is 1.87. The van der Waals surface area contributed by atoms with Crippen LogP contribution in [0, 0.1) is 16.7 Å². The van der Waals surface area contributed by atoms with E-state index >= 15 is 0 Å². The van der Waals surface area contributed by atoms with Gasteiger partial charge in [-0.2, -0.15) is 5.26 Å². The predicted octanol–water partition coefficient (Wildman–Crippen LogP) is 2.90. The topological polar surface area (TPSA) is 50.9 Å². The van der Waals surface area contributed by atoms with Gasteiger partial charge in [-0.3, -0.25) is 5.41 Å². The number of nitrogens with zero attached hydrogens (tertiary/aromatic N) is 2. The zero-order chi connectivity index (χ0) is 10.8. The summed E-state index contributed by atoms with van der Waals surface area (Å²) in [5.41, 5.74) is 1.62. The van der Waals surface area contributed by atoms with Crippen molar-refractivity contribution in [2.45, 2.75) is 12.8 Å². The highest BCUT2D eigenvalue weighted by Gasteiger charge is 2.20. The fourth-order valence-electron chi connectivity index (χ4n) is 1.74. The van der Waals surface area contributed by atoms with Crippen LogP contribution < -0.4 is 4.90 Å². The number of hydrogen-bond donors (Lipinski definition) is 1. The van der Waals surface area contributed by atoms with Crippen LogP contribution in [0.1, 0.15) is 18.4 Å². The first-order valence-corrected chi connectivity index (χ1v) is 5.56. The summed E-state index contributed by atoms with van der Waals surface area (Å²) >= 11 is 3.44. The summed E-state index contributed by atoms with van der Waals surface area (Å²) in [4.78, 5) is 1.98. The number of anilines is 1. The Hall–Kier alpha value is -1.34. The second-order valence-electron chi connectivity index (χ2n) is 3.48. The summed E-state index contributed by atoms with van der Waals surface area (Å²) in [5, 5.41) is 16.5. The first-order chi connectivity index (χ1) is 7.22. The third-order valence-electron chi connectivity index (χ3n) is 2.49. The molecule has 1 aliphatic rings. The number of nitrogens with one attached hydrogen (secondary N) is 1. The highest BCUT2D eigenvalue weighted by Crippen LogP contribution is 2.30. The molecule has 1 heterocycles. The van der Waals surface area contributed by atoms with E-state index < -0.39 is 0 Å². The smallest absolute Gasteiger partial charge is 0.100 e. The van der Waals surface area contributed by atoms with E-state index in [0.717, 1.165) is 29.5 Å². The second kappa shape index (κ2) is 4.03. The minimum atomic E-state index is 0.636. The Morgan fingerprint density at radius 3 is 2.80 bits per heavy atom. The lowest BCUT2D eigenvalue weighted by Gasteiger charge is -2.19. The van der Waals surface area contributed by atoms with E-state index in [2.05, 4.69) is 22.0 Å². The van der Waals surface area contributed by atoms with Crippen molar-refractivity contribution < 1.29 is 0 Å². The molecule has 1 fully saturated rings. The SMILES string of the molecule is N#Cc1ccc(N2CCCC2=N)c(Br)c1. The van der Waals surface area contributed by atoms with Crippen molar-refractivity contribution in [2.24, 2.45) is 0 Å². The fourth-order valence-corrected chi connectivity index (χ4v) is 2.33. The van der Waals surface area contributed by atoms with Crippen LogP contribution in [0.25, 0.3) is 0 Å². The van der Waals surface area contributed by atoms with E-state index in [1.807, 2.05) is 11.0 Å². The van der Waals surface area contributed by atoms with Crippen LogP contribution >= 0.6 is 15.9 Å². The van der Waals surface area contributed by atoms with Crippen molar-refractivity contribution in [1.29, 1.82) is 10.7 Å². The number of benzene rings is 1. The highest BCUT2D eigenvalue weighted by molar-refractivity contribution is 9.10. The molecule has 76 valence electrons. The van der Waals surface area contributed by atoms with E-state index in [1.54, 1.807) is 12.1 Å². The van der Waals surface area contributed by atoms with Gasteiger partial charge in [0.1, 0.15) is 5.84 Å². The van der Waals surface area contributed by atoms with Crippen molar-refractivity contribution >= 4 is 27.5 Å². The van der Waals surface area contributed by atoms with Crippen LogP contribution in [0.5, 0.6) is 0 Å². The monoisotopic (exact) mass is 263 g/mol. The van der Waals surface area contributed by atoms with Crippen LogP contribution in [0.4, 0.5) is 5.69 Å². The Labute approximate surface area is 97.0 Å². The van der Waals surface area contributed by atoms with Crippen LogP contribution in [0.3, 0.4) is 0 Å². The molecule has 0 aliphatic carbocycles. The average Bonchev–Trinajstić information content (AvgIpc) is 2.64. The van der Waals surface area contributed by atoms with E-state index in [0.29, 0.717) is 11.4 Å². The molecule has 3 nitrogen and oxygen atoms in total. The number of rotatable bonds is 1. The zero-order valence-corrected chi connectivity index (χ0v) is 9.71. The summed E-state index contributed by atoms with van der Waals surface area (Å²) in [6, 6.07) is 7.56. The minimum Gasteiger partial charge on any atom is -0.329 e. The number of nitriles is 1. The van der Waals surface area contributed by atoms with Gasteiger partial charge in [-0.1, -0.05) is 0 Å². The Bertz CT molecular complexity index is 448. The normalized spacial score (nSPS) is 15.5. The second-order valence-corrected chi connectivity index (χ2v) is 4.33. The van der Waals surface area contributed by atoms with Gasteiger partial charge in [0, 0.05) is 17.4 Å². The summed E-state index contributed by atoms with van der Waals surface area (Å²) in [5.74, 6) is 0.653. The molecular weight excluding hydrogens is 254 g/mol. The fraction of sp³-hybridized carbons (Fsp3) is 0.273. The molecule has 0 atom stereocenters. The Balaban J connectivity index is 2.37. The zero-order valence-electron chi connectivity index (χ0n) is 8.13. The van der Waals surface area contributed by atoms with Crippen molar-refractivity contribution in [3.05, 3.63) is 28.2 Å². The van der Waals surface area contributed by atoms with Gasteiger partial charge < -0.3 is 4.90 Å². The quantitative estimate of drug-likeness (QED) is 0.847. The molecule has 0 bridgehead atoms. The lowest BCUT2D eigenvalue weighted by atomic mass is 10.2. The van der Waals surface area contributed by atoms with E-state index in [-0.39, 0.29) is 0 Å². The van der Waals surface area contributed by atoms with Gasteiger partial charge in [0.2, 0.25) is 0 Å². The molecule has 0 spiro atoms. The molecular formula is C11H10BrN3. The molecule has 0 aromatic heterocycles. The third kappa shape index (κ3) is 1.88. The lowest BCUT2D eigenvalue weighted by molar-refractivity contribution is 0.955. The van der Waals surface area contributed by atoms with Crippen molar-refractivity contribution in [1.82, 2.24) is 0 Å². The third-order valence-corrected chi connectivity index (χ3v) is 3.12. The van der Waals surface area contributed by atoms with Gasteiger partial charge in [-0.05, 0) is 40.5 Å². The number of hydrogen-bond acceptors (Lipinski definition) is 2. The van der Waals surface area contributed by atoms with E-state index in [4.69, 9.17) is 10.7 Å². The molecule has 1 aromatic rings. The maximum atomic E-state index is 8.74. The van der Waals surface area contributed by atoms with Crippen LogP contribution in [0.15, 0.2) is 22.7 Å². The van der Waals surface area contributed by atoms with E-state index in [9.17, 15) is 0 Å². The van der Waals surface area contributed by atoms with Gasteiger partial charge >= 0.3 is 0 Å². The molecule has 1 saturated heterocycles. The van der Waals surface area contributed by atoms with Gasteiger partial charge in [0.05, 0.1) is 17.3 Å². The average molecular weight is 264 g/mol. The van der Waals surface area contributed by atoms with Gasteiger partial charge in [0.15, 0.2) is 0 Å².